The Kier molecular flexibility index (Phi) is 4.39. The predicted octanol–water partition coefficient (Wildman–Crippen LogP) is 2.47. The topological polar surface area (TPSA) is 41.7 Å². The van der Waals surface area contributed by atoms with E-state index in [2.05, 4.69) is 47.9 Å². The average molecular weight is 299 g/mol. The van der Waals surface area contributed by atoms with E-state index in [4.69, 9.17) is 10.5 Å². The molecule has 0 radical (unpaired) electrons. The molecule has 118 valence electrons. The lowest BCUT2D eigenvalue weighted by atomic mass is 9.97. The van der Waals surface area contributed by atoms with Gasteiger partial charge in [0.15, 0.2) is 0 Å². The maximum Gasteiger partial charge on any atom is 0.105 e. The summed E-state index contributed by atoms with van der Waals surface area (Å²) < 4.78 is 5.49. The number of likely N-dealkylation sites (N-methyl/N-ethyl adjacent to an activating group) is 1. The molecule has 0 amide bonds. The van der Waals surface area contributed by atoms with Gasteiger partial charge in [0.1, 0.15) is 5.82 Å². The molecule has 2 aliphatic heterocycles. The van der Waals surface area contributed by atoms with E-state index in [9.17, 15) is 0 Å². The number of aryl methyl sites for hydroxylation is 1. The molecule has 4 heteroatoms. The Hall–Kier alpha value is -1.94. The van der Waals surface area contributed by atoms with Crippen LogP contribution < -0.4 is 5.73 Å². The number of nitrogens with two attached hydrogens (primary N) is 1. The van der Waals surface area contributed by atoms with Crippen molar-refractivity contribution >= 4 is 11.3 Å². The first-order valence-corrected chi connectivity index (χ1v) is 8.05. The van der Waals surface area contributed by atoms with Gasteiger partial charge in [-0.2, -0.15) is 0 Å². The number of rotatable bonds is 3. The van der Waals surface area contributed by atoms with Gasteiger partial charge in [0.2, 0.25) is 0 Å². The molecule has 3 rings (SSSR count). The molecule has 1 fully saturated rings. The average Bonchev–Trinajstić information content (AvgIpc) is 2.57. The Morgan fingerprint density at radius 1 is 1.23 bits per heavy atom. The predicted molar refractivity (Wildman–Crippen MR) is 91.3 cm³/mol. The zero-order valence-electron chi connectivity index (χ0n) is 13.5. The zero-order valence-corrected chi connectivity index (χ0v) is 13.5. The van der Waals surface area contributed by atoms with Crippen molar-refractivity contribution in [3.8, 4) is 0 Å². The minimum atomic E-state index is 0.811. The summed E-state index contributed by atoms with van der Waals surface area (Å²) in [6.45, 7) is 9.86. The van der Waals surface area contributed by atoms with Gasteiger partial charge >= 0.3 is 0 Å². The number of morpholine rings is 1. The number of nitrogens with zero attached hydrogens (tertiary/aromatic N) is 2. The highest BCUT2D eigenvalue weighted by Crippen LogP contribution is 2.29. The van der Waals surface area contributed by atoms with Crippen molar-refractivity contribution in [2.24, 2.45) is 0 Å². The van der Waals surface area contributed by atoms with Crippen LogP contribution in [0.25, 0.3) is 5.57 Å². The SMILES string of the molecule is CCN1CC=C(c2cc(N)ccc2C)C=C1N1CCOCC1. The third-order valence-electron chi connectivity index (χ3n) is 4.43. The first-order chi connectivity index (χ1) is 10.7. The fraction of sp³-hybridized carbons (Fsp3) is 0.444. The van der Waals surface area contributed by atoms with Gasteiger partial charge in [0.05, 0.1) is 13.2 Å². The van der Waals surface area contributed by atoms with Crippen LogP contribution in [-0.4, -0.2) is 49.2 Å². The summed E-state index contributed by atoms with van der Waals surface area (Å²) in [6.07, 6.45) is 4.61. The van der Waals surface area contributed by atoms with Gasteiger partial charge < -0.3 is 20.3 Å². The van der Waals surface area contributed by atoms with E-state index >= 15 is 0 Å². The van der Waals surface area contributed by atoms with E-state index < -0.39 is 0 Å². The van der Waals surface area contributed by atoms with Crippen LogP contribution in [0.2, 0.25) is 0 Å². The fourth-order valence-electron chi connectivity index (χ4n) is 3.10. The van der Waals surface area contributed by atoms with Gasteiger partial charge in [0, 0.05) is 31.9 Å². The number of benzene rings is 1. The molecule has 0 atom stereocenters. The summed E-state index contributed by atoms with van der Waals surface area (Å²) in [7, 11) is 0. The van der Waals surface area contributed by atoms with Crippen molar-refractivity contribution in [1.82, 2.24) is 9.80 Å². The van der Waals surface area contributed by atoms with Crippen LogP contribution in [0.5, 0.6) is 0 Å². The highest BCUT2D eigenvalue weighted by atomic mass is 16.5. The molecule has 0 aliphatic carbocycles. The van der Waals surface area contributed by atoms with Crippen molar-refractivity contribution in [3.63, 3.8) is 0 Å². The first-order valence-electron chi connectivity index (χ1n) is 8.05. The van der Waals surface area contributed by atoms with Crippen LogP contribution in [-0.2, 0) is 4.74 Å². The molecule has 22 heavy (non-hydrogen) atoms. The Labute approximate surface area is 132 Å². The third kappa shape index (κ3) is 2.97. The van der Waals surface area contributed by atoms with E-state index in [-0.39, 0.29) is 0 Å². The van der Waals surface area contributed by atoms with Crippen molar-refractivity contribution in [2.45, 2.75) is 13.8 Å². The third-order valence-corrected chi connectivity index (χ3v) is 4.43. The molecule has 2 aliphatic rings. The Morgan fingerprint density at radius 2 is 2.00 bits per heavy atom. The van der Waals surface area contributed by atoms with Crippen molar-refractivity contribution < 1.29 is 4.74 Å². The molecule has 1 aromatic carbocycles. The van der Waals surface area contributed by atoms with Crippen LogP contribution in [0.15, 0.2) is 36.2 Å². The molecular formula is C18H25N3O. The second-order valence-electron chi connectivity index (χ2n) is 5.87. The largest absolute Gasteiger partial charge is 0.399 e. The molecule has 0 bridgehead atoms. The molecule has 0 unspecified atom stereocenters. The van der Waals surface area contributed by atoms with Crippen LogP contribution in [0.3, 0.4) is 0 Å². The number of hydrogen-bond donors (Lipinski definition) is 1. The number of nitrogen functional groups attached to an aromatic ring is 1. The van der Waals surface area contributed by atoms with E-state index in [1.165, 1.54) is 22.5 Å². The summed E-state index contributed by atoms with van der Waals surface area (Å²) in [6, 6.07) is 6.14. The second kappa shape index (κ2) is 6.44. The van der Waals surface area contributed by atoms with Gasteiger partial charge in [-0.05, 0) is 48.8 Å². The van der Waals surface area contributed by atoms with Crippen molar-refractivity contribution in [1.29, 1.82) is 0 Å². The first kappa shape index (κ1) is 15.0. The minimum absolute atomic E-state index is 0.811. The van der Waals surface area contributed by atoms with Gasteiger partial charge in [-0.25, -0.2) is 0 Å². The summed E-state index contributed by atoms with van der Waals surface area (Å²) >= 11 is 0. The number of allylic oxidation sites excluding steroid dienone is 2. The molecule has 4 nitrogen and oxygen atoms in total. The standard InChI is InChI=1S/C18H25N3O/c1-3-20-7-6-15(17-13-16(19)5-4-14(17)2)12-18(20)21-8-10-22-11-9-21/h4-6,12-13H,3,7-11,19H2,1-2H3. The van der Waals surface area contributed by atoms with E-state index in [0.717, 1.165) is 45.1 Å². The van der Waals surface area contributed by atoms with Gasteiger partial charge in [-0.1, -0.05) is 12.1 Å². The molecular weight excluding hydrogens is 274 g/mol. The van der Waals surface area contributed by atoms with Crippen molar-refractivity contribution in [3.05, 3.63) is 47.3 Å². The summed E-state index contributed by atoms with van der Waals surface area (Å²) in [5.41, 5.74) is 10.6. The number of anilines is 1. The highest BCUT2D eigenvalue weighted by Gasteiger charge is 2.21. The molecule has 2 N–H and O–H groups in total. The van der Waals surface area contributed by atoms with Crippen LogP contribution in [0.4, 0.5) is 5.69 Å². The maximum absolute atomic E-state index is 5.98. The van der Waals surface area contributed by atoms with Gasteiger partial charge in [-0.15, -0.1) is 0 Å². The smallest absolute Gasteiger partial charge is 0.105 e. The Balaban J connectivity index is 1.94. The van der Waals surface area contributed by atoms with E-state index in [1.807, 2.05) is 6.07 Å². The second-order valence-corrected chi connectivity index (χ2v) is 5.87. The molecule has 1 aromatic rings. The Morgan fingerprint density at radius 3 is 2.73 bits per heavy atom. The lowest BCUT2D eigenvalue weighted by molar-refractivity contribution is 0.0390. The van der Waals surface area contributed by atoms with Gasteiger partial charge in [-0.3, -0.25) is 0 Å². The Bertz CT molecular complexity index is 600. The quantitative estimate of drug-likeness (QED) is 0.871. The lowest BCUT2D eigenvalue weighted by Gasteiger charge is -2.39. The van der Waals surface area contributed by atoms with Crippen LogP contribution >= 0.6 is 0 Å². The molecule has 1 saturated heterocycles. The summed E-state index contributed by atoms with van der Waals surface area (Å²) in [4.78, 5) is 4.85. The highest BCUT2D eigenvalue weighted by molar-refractivity contribution is 5.79. The van der Waals surface area contributed by atoms with E-state index in [1.54, 1.807) is 0 Å². The number of hydrogen-bond acceptors (Lipinski definition) is 4. The molecule has 0 spiro atoms. The lowest BCUT2D eigenvalue weighted by Crippen LogP contribution is -2.43. The maximum atomic E-state index is 5.98. The van der Waals surface area contributed by atoms with Crippen LogP contribution in [0.1, 0.15) is 18.1 Å². The summed E-state index contributed by atoms with van der Waals surface area (Å²) in [5, 5.41) is 0. The summed E-state index contributed by atoms with van der Waals surface area (Å²) in [5.74, 6) is 1.31. The van der Waals surface area contributed by atoms with E-state index in [0.29, 0.717) is 0 Å². The molecule has 0 saturated carbocycles. The number of ether oxygens (including phenoxy) is 1. The minimum Gasteiger partial charge on any atom is -0.399 e. The van der Waals surface area contributed by atoms with Gasteiger partial charge in [0.25, 0.3) is 0 Å². The zero-order chi connectivity index (χ0) is 15.5. The monoisotopic (exact) mass is 299 g/mol. The molecule has 2 heterocycles. The van der Waals surface area contributed by atoms with Crippen LogP contribution in [0, 0.1) is 6.92 Å². The van der Waals surface area contributed by atoms with Crippen molar-refractivity contribution in [2.75, 3.05) is 45.1 Å². The molecule has 0 aromatic heterocycles. The fourth-order valence-corrected chi connectivity index (χ4v) is 3.10. The normalized spacial score (nSPS) is 19.0.